The highest BCUT2D eigenvalue weighted by Gasteiger charge is 2.24. The molecule has 1 aliphatic rings. The number of halogens is 1. The van der Waals surface area contributed by atoms with Crippen molar-refractivity contribution in [1.29, 1.82) is 0 Å². The molecule has 0 saturated carbocycles. The van der Waals surface area contributed by atoms with Crippen molar-refractivity contribution in [3.8, 4) is 0 Å². The van der Waals surface area contributed by atoms with Gasteiger partial charge in [0.05, 0.1) is 6.42 Å². The van der Waals surface area contributed by atoms with Gasteiger partial charge in [-0.05, 0) is 54.8 Å². The Labute approximate surface area is 153 Å². The molecule has 0 radical (unpaired) electrons. The SMILES string of the molecule is Cc1ccc(CC(=O)N2CCN(C(=O)c3ccc(F)cc3)CC2)cc1C. The van der Waals surface area contributed by atoms with Gasteiger partial charge in [0.15, 0.2) is 0 Å². The lowest BCUT2D eigenvalue weighted by Crippen LogP contribution is -2.51. The second kappa shape index (κ2) is 7.68. The number of hydrogen-bond acceptors (Lipinski definition) is 2. The summed E-state index contributed by atoms with van der Waals surface area (Å²) < 4.78 is 13.0. The molecule has 2 aromatic carbocycles. The van der Waals surface area contributed by atoms with Crippen LogP contribution in [-0.4, -0.2) is 47.8 Å². The van der Waals surface area contributed by atoms with Crippen molar-refractivity contribution in [1.82, 2.24) is 9.80 Å². The van der Waals surface area contributed by atoms with Crippen LogP contribution in [0.2, 0.25) is 0 Å². The lowest BCUT2D eigenvalue weighted by molar-refractivity contribution is -0.131. The predicted molar refractivity (Wildman–Crippen MR) is 98.5 cm³/mol. The van der Waals surface area contributed by atoms with Gasteiger partial charge in [0.25, 0.3) is 5.91 Å². The lowest BCUT2D eigenvalue weighted by atomic mass is 10.0. The van der Waals surface area contributed by atoms with Crippen molar-refractivity contribution in [2.75, 3.05) is 26.2 Å². The maximum atomic E-state index is 13.0. The first-order chi connectivity index (χ1) is 12.4. The van der Waals surface area contributed by atoms with Crippen LogP contribution in [0, 0.1) is 19.7 Å². The summed E-state index contributed by atoms with van der Waals surface area (Å²) in [6.45, 7) is 6.14. The average molecular weight is 354 g/mol. The molecule has 4 nitrogen and oxygen atoms in total. The predicted octanol–water partition coefficient (Wildman–Crippen LogP) is 2.97. The van der Waals surface area contributed by atoms with E-state index < -0.39 is 0 Å². The summed E-state index contributed by atoms with van der Waals surface area (Å²) in [6.07, 6.45) is 0.382. The van der Waals surface area contributed by atoms with E-state index in [0.29, 0.717) is 38.2 Å². The van der Waals surface area contributed by atoms with Crippen molar-refractivity contribution < 1.29 is 14.0 Å². The van der Waals surface area contributed by atoms with E-state index in [1.165, 1.54) is 35.4 Å². The molecule has 2 amide bonds. The summed E-state index contributed by atoms with van der Waals surface area (Å²) in [7, 11) is 0. The van der Waals surface area contributed by atoms with Crippen LogP contribution in [0.3, 0.4) is 0 Å². The fraction of sp³-hybridized carbons (Fsp3) is 0.333. The minimum atomic E-state index is -0.358. The molecule has 5 heteroatoms. The van der Waals surface area contributed by atoms with Crippen LogP contribution >= 0.6 is 0 Å². The molecule has 2 aromatic rings. The van der Waals surface area contributed by atoms with Gasteiger partial charge < -0.3 is 9.80 Å². The Balaban J connectivity index is 1.55. The highest BCUT2D eigenvalue weighted by molar-refractivity contribution is 5.94. The number of hydrogen-bond donors (Lipinski definition) is 0. The fourth-order valence-corrected chi connectivity index (χ4v) is 3.13. The smallest absolute Gasteiger partial charge is 0.253 e. The molecule has 0 unspecified atom stereocenters. The molecule has 1 heterocycles. The first kappa shape index (κ1) is 18.1. The number of benzene rings is 2. The highest BCUT2D eigenvalue weighted by atomic mass is 19.1. The quantitative estimate of drug-likeness (QED) is 0.850. The van der Waals surface area contributed by atoms with E-state index in [1.54, 1.807) is 4.90 Å². The Morgan fingerprint density at radius 1 is 0.885 bits per heavy atom. The number of carbonyl (C=O) groups is 2. The average Bonchev–Trinajstić information content (AvgIpc) is 2.65. The monoisotopic (exact) mass is 354 g/mol. The van der Waals surface area contributed by atoms with Crippen LogP contribution in [0.25, 0.3) is 0 Å². The van der Waals surface area contributed by atoms with Crippen LogP contribution < -0.4 is 0 Å². The van der Waals surface area contributed by atoms with Gasteiger partial charge in [0, 0.05) is 31.7 Å². The van der Waals surface area contributed by atoms with E-state index in [4.69, 9.17) is 0 Å². The second-order valence-corrected chi connectivity index (χ2v) is 6.78. The van der Waals surface area contributed by atoms with E-state index in [9.17, 15) is 14.0 Å². The Morgan fingerprint density at radius 2 is 1.50 bits per heavy atom. The molecule has 0 aliphatic carbocycles. The Bertz CT molecular complexity index is 809. The van der Waals surface area contributed by atoms with E-state index >= 15 is 0 Å². The Kier molecular flexibility index (Phi) is 5.35. The van der Waals surface area contributed by atoms with Gasteiger partial charge in [-0.3, -0.25) is 9.59 Å². The largest absolute Gasteiger partial charge is 0.339 e. The molecule has 0 atom stereocenters. The number of aryl methyl sites for hydroxylation is 2. The van der Waals surface area contributed by atoms with Gasteiger partial charge in [-0.15, -0.1) is 0 Å². The molecular weight excluding hydrogens is 331 g/mol. The first-order valence-corrected chi connectivity index (χ1v) is 8.83. The summed E-state index contributed by atoms with van der Waals surface area (Å²) in [4.78, 5) is 28.5. The van der Waals surface area contributed by atoms with Crippen LogP contribution in [-0.2, 0) is 11.2 Å². The van der Waals surface area contributed by atoms with Crippen LogP contribution in [0.4, 0.5) is 4.39 Å². The standard InChI is InChI=1S/C21H23FN2O2/c1-15-3-4-17(13-16(15)2)14-20(25)23-9-11-24(12-10-23)21(26)18-5-7-19(22)8-6-18/h3-8,13H,9-12,14H2,1-2H3. The van der Waals surface area contributed by atoms with Crippen molar-refractivity contribution in [3.63, 3.8) is 0 Å². The maximum absolute atomic E-state index is 13.0. The summed E-state index contributed by atoms with van der Waals surface area (Å²) in [6, 6.07) is 11.7. The lowest BCUT2D eigenvalue weighted by Gasteiger charge is -2.35. The van der Waals surface area contributed by atoms with E-state index in [1.807, 2.05) is 24.0 Å². The zero-order valence-corrected chi connectivity index (χ0v) is 15.2. The molecule has 0 spiro atoms. The molecule has 0 aromatic heterocycles. The topological polar surface area (TPSA) is 40.6 Å². The van der Waals surface area contributed by atoms with Gasteiger partial charge in [-0.25, -0.2) is 4.39 Å². The minimum Gasteiger partial charge on any atom is -0.339 e. The summed E-state index contributed by atoms with van der Waals surface area (Å²) in [5.41, 5.74) is 3.89. The van der Waals surface area contributed by atoms with Gasteiger partial charge >= 0.3 is 0 Å². The van der Waals surface area contributed by atoms with Crippen LogP contribution in [0.5, 0.6) is 0 Å². The molecule has 0 bridgehead atoms. The highest BCUT2D eigenvalue weighted by Crippen LogP contribution is 2.14. The van der Waals surface area contributed by atoms with Crippen molar-refractivity contribution in [2.24, 2.45) is 0 Å². The Morgan fingerprint density at radius 3 is 2.12 bits per heavy atom. The summed E-state index contributed by atoms with van der Waals surface area (Å²) in [5, 5.41) is 0. The number of carbonyl (C=O) groups excluding carboxylic acids is 2. The zero-order valence-electron chi connectivity index (χ0n) is 15.2. The molecule has 1 saturated heterocycles. The minimum absolute atomic E-state index is 0.0853. The number of nitrogens with zero attached hydrogens (tertiary/aromatic N) is 2. The van der Waals surface area contributed by atoms with Gasteiger partial charge in [-0.1, -0.05) is 18.2 Å². The molecular formula is C21H23FN2O2. The number of rotatable bonds is 3. The number of amides is 2. The van der Waals surface area contributed by atoms with E-state index in [0.717, 1.165) is 5.56 Å². The van der Waals surface area contributed by atoms with Crippen molar-refractivity contribution >= 4 is 11.8 Å². The Hall–Kier alpha value is -2.69. The third-order valence-electron chi connectivity index (χ3n) is 4.94. The third-order valence-corrected chi connectivity index (χ3v) is 4.94. The second-order valence-electron chi connectivity index (χ2n) is 6.78. The van der Waals surface area contributed by atoms with E-state index in [-0.39, 0.29) is 17.6 Å². The van der Waals surface area contributed by atoms with Gasteiger partial charge in [0.1, 0.15) is 5.82 Å². The van der Waals surface area contributed by atoms with Crippen molar-refractivity contribution in [2.45, 2.75) is 20.3 Å². The van der Waals surface area contributed by atoms with Crippen LogP contribution in [0.15, 0.2) is 42.5 Å². The van der Waals surface area contributed by atoms with Crippen molar-refractivity contribution in [3.05, 3.63) is 70.5 Å². The molecule has 0 N–H and O–H groups in total. The molecule has 136 valence electrons. The zero-order chi connectivity index (χ0) is 18.7. The summed E-state index contributed by atoms with van der Waals surface area (Å²) >= 11 is 0. The number of piperazine rings is 1. The van der Waals surface area contributed by atoms with E-state index in [2.05, 4.69) is 13.0 Å². The normalized spacial score (nSPS) is 14.4. The van der Waals surface area contributed by atoms with Gasteiger partial charge in [0.2, 0.25) is 5.91 Å². The first-order valence-electron chi connectivity index (χ1n) is 8.83. The molecule has 3 rings (SSSR count). The maximum Gasteiger partial charge on any atom is 0.253 e. The van der Waals surface area contributed by atoms with Crippen LogP contribution in [0.1, 0.15) is 27.0 Å². The molecule has 26 heavy (non-hydrogen) atoms. The fourth-order valence-electron chi connectivity index (χ4n) is 3.13. The summed E-state index contributed by atoms with van der Waals surface area (Å²) in [5.74, 6) is -0.392. The molecule has 1 aliphatic heterocycles. The molecule has 1 fully saturated rings. The van der Waals surface area contributed by atoms with Gasteiger partial charge in [-0.2, -0.15) is 0 Å². The third kappa shape index (κ3) is 4.10.